The van der Waals surface area contributed by atoms with Crippen LogP contribution in [-0.4, -0.2) is 34.8 Å². The van der Waals surface area contributed by atoms with Gasteiger partial charge >= 0.3 is 5.97 Å². The lowest BCUT2D eigenvalue weighted by molar-refractivity contribution is -0.154. The molecule has 0 saturated carbocycles. The zero-order valence-electron chi connectivity index (χ0n) is 24.2. The van der Waals surface area contributed by atoms with E-state index in [2.05, 4.69) is 5.92 Å². The van der Waals surface area contributed by atoms with E-state index < -0.39 is 17.7 Å². The van der Waals surface area contributed by atoms with E-state index in [0.717, 1.165) is 5.56 Å². The van der Waals surface area contributed by atoms with Crippen molar-refractivity contribution in [1.82, 2.24) is 4.90 Å². The monoisotopic (exact) mass is 604 g/mol. The molecule has 0 fully saturated rings. The van der Waals surface area contributed by atoms with E-state index >= 15 is 0 Å². The Morgan fingerprint density at radius 1 is 0.976 bits per heavy atom. The fraction of sp³-hybridized carbons (Fsp3) is 0.324. The molecule has 2 atom stereocenters. The summed E-state index contributed by atoms with van der Waals surface area (Å²) in [5, 5.41) is 1.09. The van der Waals surface area contributed by atoms with Crippen LogP contribution >= 0.6 is 23.2 Å². The summed E-state index contributed by atoms with van der Waals surface area (Å²) in [6.45, 7) is 7.66. The summed E-state index contributed by atoms with van der Waals surface area (Å²) in [4.78, 5) is 44.5. The van der Waals surface area contributed by atoms with E-state index in [1.807, 2.05) is 39.8 Å². The van der Waals surface area contributed by atoms with Gasteiger partial charge in [0, 0.05) is 28.6 Å². The fourth-order valence-corrected chi connectivity index (χ4v) is 5.34. The van der Waals surface area contributed by atoms with Crippen molar-refractivity contribution in [2.24, 2.45) is 0 Å². The number of fused-ring (bicyclic) bond motifs is 1. The third-order valence-electron chi connectivity index (χ3n) is 7.09. The number of amides is 2. The molecular weight excluding hydrogens is 571 g/mol. The number of carbonyl (C=O) groups excluding carboxylic acids is 3. The van der Waals surface area contributed by atoms with Crippen molar-refractivity contribution in [3.63, 3.8) is 0 Å². The van der Waals surface area contributed by atoms with Crippen LogP contribution in [0.1, 0.15) is 86.1 Å². The molecule has 0 aliphatic carbocycles. The van der Waals surface area contributed by atoms with Crippen molar-refractivity contribution < 1.29 is 19.1 Å². The first-order valence-electron chi connectivity index (χ1n) is 13.9. The first kappa shape index (κ1) is 31.2. The Labute approximate surface area is 257 Å². The van der Waals surface area contributed by atoms with Crippen LogP contribution in [0, 0.1) is 12.3 Å². The Bertz CT molecular complexity index is 1500. The van der Waals surface area contributed by atoms with E-state index in [1.54, 1.807) is 64.4 Å². The Morgan fingerprint density at radius 3 is 2.19 bits per heavy atom. The van der Waals surface area contributed by atoms with Crippen LogP contribution in [0.2, 0.25) is 10.0 Å². The minimum absolute atomic E-state index is 0.224. The lowest BCUT2D eigenvalue weighted by Gasteiger charge is -2.36. The predicted molar refractivity (Wildman–Crippen MR) is 167 cm³/mol. The molecule has 1 heterocycles. The Kier molecular flexibility index (Phi) is 9.66. The summed E-state index contributed by atoms with van der Waals surface area (Å²) >= 11 is 12.3. The van der Waals surface area contributed by atoms with E-state index in [9.17, 15) is 14.4 Å². The molecule has 4 rings (SSSR count). The highest BCUT2D eigenvalue weighted by Gasteiger charge is 2.43. The topological polar surface area (TPSA) is 66.9 Å². The quantitative estimate of drug-likeness (QED) is 0.149. The molecule has 218 valence electrons. The number of unbranched alkanes of at least 4 members (excludes halogenated alkanes) is 1. The van der Waals surface area contributed by atoms with Crippen molar-refractivity contribution in [2.45, 2.75) is 64.6 Å². The number of carbonyl (C=O) groups is 3. The van der Waals surface area contributed by atoms with Crippen molar-refractivity contribution in [3.05, 3.63) is 99.0 Å². The number of anilines is 1. The number of benzene rings is 3. The van der Waals surface area contributed by atoms with Gasteiger partial charge in [0.1, 0.15) is 11.6 Å². The maximum atomic E-state index is 14.6. The van der Waals surface area contributed by atoms with Gasteiger partial charge in [-0.1, -0.05) is 53.4 Å². The van der Waals surface area contributed by atoms with Crippen molar-refractivity contribution in [2.75, 3.05) is 11.4 Å². The summed E-state index contributed by atoms with van der Waals surface area (Å²) in [6.07, 6.45) is 6.97. The van der Waals surface area contributed by atoms with Crippen LogP contribution in [0.25, 0.3) is 0 Å². The molecule has 0 bridgehead atoms. The number of hydrogen-bond donors (Lipinski definition) is 0. The van der Waals surface area contributed by atoms with Gasteiger partial charge in [-0.05, 0) is 94.1 Å². The lowest BCUT2D eigenvalue weighted by atomic mass is 9.98. The SMILES string of the molecule is C#Cc1ccc2c(c1)C(=O)N([C@H](C)c1ccc(Cl)cc1)[C@@H](c1ccc(Cl)cc1)C(=O)N2CCCCC(=O)OC(C)(C)C. The van der Waals surface area contributed by atoms with E-state index in [1.165, 1.54) is 0 Å². The Hall–Kier alpha value is -3.79. The molecule has 0 unspecified atom stereocenters. The molecule has 8 heteroatoms. The van der Waals surface area contributed by atoms with Gasteiger partial charge in [-0.15, -0.1) is 6.42 Å². The third kappa shape index (κ3) is 7.15. The number of halogens is 2. The normalized spacial score (nSPS) is 16.0. The standard InChI is InChI=1S/C34H34Cl2N2O4/c1-6-23-10-19-29-28(21-23)32(40)38(22(2)24-11-15-26(35)16-12-24)31(25-13-17-27(36)18-14-25)33(41)37(29)20-8-7-9-30(39)42-34(3,4)5/h1,10-19,21-22,31H,7-9,20H2,2-5H3/t22-,31+/m1/s1. The second kappa shape index (κ2) is 13.0. The number of ether oxygens (including phenoxy) is 1. The number of esters is 1. The number of hydrogen-bond acceptors (Lipinski definition) is 4. The average Bonchev–Trinajstić information content (AvgIpc) is 3.03. The van der Waals surface area contributed by atoms with Gasteiger partial charge in [-0.3, -0.25) is 14.4 Å². The van der Waals surface area contributed by atoms with Crippen LogP contribution in [-0.2, 0) is 14.3 Å². The van der Waals surface area contributed by atoms with Crippen LogP contribution in [0.5, 0.6) is 0 Å². The zero-order valence-corrected chi connectivity index (χ0v) is 25.7. The second-order valence-electron chi connectivity index (χ2n) is 11.3. The van der Waals surface area contributed by atoms with Gasteiger partial charge in [-0.2, -0.15) is 0 Å². The maximum absolute atomic E-state index is 14.6. The molecule has 1 aliphatic heterocycles. The smallest absolute Gasteiger partial charge is 0.306 e. The molecule has 42 heavy (non-hydrogen) atoms. The first-order chi connectivity index (χ1) is 19.9. The summed E-state index contributed by atoms with van der Waals surface area (Å²) in [6, 6.07) is 17.8. The largest absolute Gasteiger partial charge is 0.460 e. The Morgan fingerprint density at radius 2 is 1.60 bits per heavy atom. The highest BCUT2D eigenvalue weighted by molar-refractivity contribution is 6.30. The minimum atomic E-state index is -0.951. The number of nitrogens with zero attached hydrogens (tertiary/aromatic N) is 2. The zero-order chi connectivity index (χ0) is 30.6. The van der Waals surface area contributed by atoms with Gasteiger partial charge < -0.3 is 14.5 Å². The van der Waals surface area contributed by atoms with Crippen molar-refractivity contribution >= 4 is 46.7 Å². The molecule has 1 aliphatic rings. The lowest BCUT2D eigenvalue weighted by Crippen LogP contribution is -2.44. The summed E-state index contributed by atoms with van der Waals surface area (Å²) in [5.74, 6) is 1.72. The van der Waals surface area contributed by atoms with Crippen LogP contribution < -0.4 is 4.90 Å². The Balaban J connectivity index is 1.77. The second-order valence-corrected chi connectivity index (χ2v) is 12.2. The predicted octanol–water partition coefficient (Wildman–Crippen LogP) is 7.78. The van der Waals surface area contributed by atoms with Gasteiger partial charge in [0.2, 0.25) is 0 Å². The maximum Gasteiger partial charge on any atom is 0.306 e. The van der Waals surface area contributed by atoms with Crippen LogP contribution in [0.15, 0.2) is 66.7 Å². The minimum Gasteiger partial charge on any atom is -0.460 e. The molecule has 6 nitrogen and oxygen atoms in total. The molecule has 3 aromatic carbocycles. The molecule has 3 aromatic rings. The van der Waals surface area contributed by atoms with E-state index in [4.69, 9.17) is 34.4 Å². The molecule has 2 amide bonds. The third-order valence-corrected chi connectivity index (χ3v) is 7.59. The van der Waals surface area contributed by atoms with E-state index in [-0.39, 0.29) is 24.2 Å². The van der Waals surface area contributed by atoms with Crippen LogP contribution in [0.3, 0.4) is 0 Å². The summed E-state index contributed by atoms with van der Waals surface area (Å²) in [5.41, 5.74) is 2.22. The summed E-state index contributed by atoms with van der Waals surface area (Å²) in [7, 11) is 0. The fourth-order valence-electron chi connectivity index (χ4n) is 5.09. The highest BCUT2D eigenvalue weighted by atomic mass is 35.5. The highest BCUT2D eigenvalue weighted by Crippen LogP contribution is 2.40. The molecule has 0 spiro atoms. The van der Waals surface area contributed by atoms with E-state index in [0.29, 0.717) is 51.8 Å². The molecule has 0 saturated heterocycles. The van der Waals surface area contributed by atoms with Crippen LogP contribution in [0.4, 0.5) is 5.69 Å². The van der Waals surface area contributed by atoms with Gasteiger partial charge in [0.05, 0.1) is 17.3 Å². The molecule has 0 N–H and O–H groups in total. The van der Waals surface area contributed by atoms with Gasteiger partial charge in [0.25, 0.3) is 11.8 Å². The molecular formula is C34H34Cl2N2O4. The van der Waals surface area contributed by atoms with Gasteiger partial charge in [-0.25, -0.2) is 0 Å². The molecule has 0 radical (unpaired) electrons. The van der Waals surface area contributed by atoms with Crippen molar-refractivity contribution in [1.29, 1.82) is 0 Å². The number of rotatable bonds is 8. The average molecular weight is 606 g/mol. The molecule has 0 aromatic heterocycles. The summed E-state index contributed by atoms with van der Waals surface area (Å²) < 4.78 is 5.43. The number of terminal acetylenes is 1. The van der Waals surface area contributed by atoms with Gasteiger partial charge in [0.15, 0.2) is 0 Å². The first-order valence-corrected chi connectivity index (χ1v) is 14.6. The van der Waals surface area contributed by atoms with Crippen molar-refractivity contribution in [3.8, 4) is 12.3 Å².